The highest BCUT2D eigenvalue weighted by atomic mass is 79.9. The van der Waals surface area contributed by atoms with Crippen LogP contribution in [0.3, 0.4) is 0 Å². The number of hydrogen-bond acceptors (Lipinski definition) is 2. The monoisotopic (exact) mass is 319 g/mol. The summed E-state index contributed by atoms with van der Waals surface area (Å²) in [5.74, 6) is 0.378. The van der Waals surface area contributed by atoms with E-state index >= 15 is 0 Å². The first-order valence-electron chi connectivity index (χ1n) is 6.24. The first kappa shape index (κ1) is 13.9. The van der Waals surface area contributed by atoms with Crippen LogP contribution in [0.2, 0.25) is 0 Å². The van der Waals surface area contributed by atoms with Crippen LogP contribution in [0.15, 0.2) is 40.9 Å². The van der Waals surface area contributed by atoms with Crippen LogP contribution in [0.4, 0.5) is 5.69 Å². The van der Waals surface area contributed by atoms with E-state index in [1.165, 1.54) is 11.3 Å². The second-order valence-corrected chi connectivity index (χ2v) is 5.79. The Labute approximate surface area is 122 Å². The van der Waals surface area contributed by atoms with Gasteiger partial charge in [-0.05, 0) is 43.2 Å². The standard InChI is InChI=1S/C16H18BrNO/c1-11-6-4-5-7-15(11)18(3)10-13-9-14(17)8-12(2)16(13)19/h4-9,19H,10H2,1-3H3. The predicted octanol–water partition coefficient (Wildman–Crippen LogP) is 4.41. The van der Waals surface area contributed by atoms with Crippen molar-refractivity contribution in [2.45, 2.75) is 20.4 Å². The van der Waals surface area contributed by atoms with Gasteiger partial charge in [0.15, 0.2) is 0 Å². The molecule has 0 aliphatic carbocycles. The number of phenols is 1. The van der Waals surface area contributed by atoms with Crippen molar-refractivity contribution < 1.29 is 5.11 Å². The number of hydrogen-bond donors (Lipinski definition) is 1. The molecule has 0 radical (unpaired) electrons. The molecule has 0 saturated heterocycles. The van der Waals surface area contributed by atoms with E-state index in [9.17, 15) is 5.11 Å². The fraction of sp³-hybridized carbons (Fsp3) is 0.250. The maximum absolute atomic E-state index is 10.1. The zero-order valence-electron chi connectivity index (χ0n) is 11.4. The van der Waals surface area contributed by atoms with Gasteiger partial charge in [-0.1, -0.05) is 34.1 Å². The third-order valence-corrected chi connectivity index (χ3v) is 3.74. The number of anilines is 1. The minimum atomic E-state index is 0.378. The number of nitrogens with zero attached hydrogens (tertiary/aromatic N) is 1. The number of aromatic hydroxyl groups is 1. The molecule has 0 aliphatic heterocycles. The lowest BCUT2D eigenvalue weighted by Crippen LogP contribution is -2.17. The molecule has 3 heteroatoms. The molecule has 0 amide bonds. The number of para-hydroxylation sites is 1. The topological polar surface area (TPSA) is 23.5 Å². The highest BCUT2D eigenvalue weighted by molar-refractivity contribution is 9.10. The van der Waals surface area contributed by atoms with E-state index < -0.39 is 0 Å². The van der Waals surface area contributed by atoms with Crippen molar-refractivity contribution in [3.05, 3.63) is 57.6 Å². The lowest BCUT2D eigenvalue weighted by molar-refractivity contribution is 0.463. The molecule has 2 rings (SSSR count). The van der Waals surface area contributed by atoms with E-state index in [4.69, 9.17) is 0 Å². The number of benzene rings is 2. The summed E-state index contributed by atoms with van der Waals surface area (Å²) < 4.78 is 0.996. The first-order valence-corrected chi connectivity index (χ1v) is 7.03. The van der Waals surface area contributed by atoms with Gasteiger partial charge in [0.1, 0.15) is 5.75 Å². The van der Waals surface area contributed by atoms with Crippen LogP contribution >= 0.6 is 15.9 Å². The molecule has 2 aromatic rings. The molecule has 1 N–H and O–H groups in total. The summed E-state index contributed by atoms with van der Waals surface area (Å²) in [6.45, 7) is 4.69. The van der Waals surface area contributed by atoms with E-state index in [1.807, 2.05) is 38.2 Å². The quantitative estimate of drug-likeness (QED) is 0.905. The van der Waals surface area contributed by atoms with Crippen molar-refractivity contribution in [1.29, 1.82) is 0 Å². The summed E-state index contributed by atoms with van der Waals surface area (Å²) in [6.07, 6.45) is 0. The number of phenolic OH excluding ortho intramolecular Hbond substituents is 1. The van der Waals surface area contributed by atoms with Crippen molar-refractivity contribution in [2.75, 3.05) is 11.9 Å². The molecule has 100 valence electrons. The van der Waals surface area contributed by atoms with Gasteiger partial charge in [0.05, 0.1) is 0 Å². The van der Waals surface area contributed by atoms with Gasteiger partial charge in [-0.2, -0.15) is 0 Å². The van der Waals surface area contributed by atoms with Crippen LogP contribution in [0.5, 0.6) is 5.75 Å². The third-order valence-electron chi connectivity index (χ3n) is 3.28. The molecule has 0 fully saturated rings. The fourth-order valence-electron chi connectivity index (χ4n) is 2.26. The normalized spacial score (nSPS) is 10.5. The van der Waals surface area contributed by atoms with Crippen LogP contribution < -0.4 is 4.90 Å². The fourth-order valence-corrected chi connectivity index (χ4v) is 2.88. The van der Waals surface area contributed by atoms with E-state index in [0.717, 1.165) is 15.6 Å². The summed E-state index contributed by atoms with van der Waals surface area (Å²) in [4.78, 5) is 2.15. The van der Waals surface area contributed by atoms with E-state index in [2.05, 4.69) is 39.9 Å². The van der Waals surface area contributed by atoms with Crippen molar-refractivity contribution in [3.63, 3.8) is 0 Å². The molecule has 0 aliphatic rings. The summed E-state index contributed by atoms with van der Waals surface area (Å²) in [5, 5.41) is 10.1. The number of halogens is 1. The molecule has 0 bridgehead atoms. The predicted molar refractivity (Wildman–Crippen MR) is 83.8 cm³/mol. The zero-order chi connectivity index (χ0) is 14.0. The maximum Gasteiger partial charge on any atom is 0.123 e. The van der Waals surface area contributed by atoms with Gasteiger partial charge in [-0.25, -0.2) is 0 Å². The van der Waals surface area contributed by atoms with Crippen LogP contribution in [-0.4, -0.2) is 12.2 Å². The summed E-state index contributed by atoms with van der Waals surface area (Å²) in [6, 6.07) is 12.1. The third kappa shape index (κ3) is 3.10. The minimum absolute atomic E-state index is 0.378. The number of aryl methyl sites for hydroxylation is 2. The van der Waals surface area contributed by atoms with E-state index in [1.54, 1.807) is 0 Å². The summed E-state index contributed by atoms with van der Waals surface area (Å²) in [7, 11) is 2.04. The van der Waals surface area contributed by atoms with Gasteiger partial charge in [-0.15, -0.1) is 0 Å². The Morgan fingerprint density at radius 3 is 2.47 bits per heavy atom. The average Bonchev–Trinajstić information content (AvgIpc) is 2.35. The van der Waals surface area contributed by atoms with Gasteiger partial charge >= 0.3 is 0 Å². The number of rotatable bonds is 3. The Morgan fingerprint density at radius 2 is 1.79 bits per heavy atom. The van der Waals surface area contributed by atoms with Crippen molar-refractivity contribution in [1.82, 2.24) is 0 Å². The van der Waals surface area contributed by atoms with Crippen molar-refractivity contribution in [2.24, 2.45) is 0 Å². The smallest absolute Gasteiger partial charge is 0.123 e. The van der Waals surface area contributed by atoms with E-state index in [0.29, 0.717) is 12.3 Å². The van der Waals surface area contributed by atoms with Gasteiger partial charge in [0, 0.05) is 29.3 Å². The van der Waals surface area contributed by atoms with Crippen LogP contribution in [-0.2, 0) is 6.54 Å². The molecule has 2 aromatic carbocycles. The Kier molecular flexibility index (Phi) is 4.15. The Balaban J connectivity index is 2.29. The zero-order valence-corrected chi connectivity index (χ0v) is 13.0. The van der Waals surface area contributed by atoms with Gasteiger partial charge in [0.2, 0.25) is 0 Å². The largest absolute Gasteiger partial charge is 0.507 e. The minimum Gasteiger partial charge on any atom is -0.507 e. The summed E-state index contributed by atoms with van der Waals surface area (Å²) >= 11 is 3.48. The molecule has 0 saturated carbocycles. The highest BCUT2D eigenvalue weighted by Crippen LogP contribution is 2.29. The van der Waals surface area contributed by atoms with Crippen LogP contribution in [0.25, 0.3) is 0 Å². The van der Waals surface area contributed by atoms with Crippen molar-refractivity contribution >= 4 is 21.6 Å². The second kappa shape index (κ2) is 5.66. The second-order valence-electron chi connectivity index (χ2n) is 4.87. The van der Waals surface area contributed by atoms with Gasteiger partial charge in [-0.3, -0.25) is 0 Å². The molecular formula is C16H18BrNO. The molecule has 0 spiro atoms. The molecule has 2 nitrogen and oxygen atoms in total. The first-order chi connectivity index (χ1) is 8.99. The molecule has 0 heterocycles. The summed E-state index contributed by atoms with van der Waals surface area (Å²) in [5.41, 5.74) is 4.23. The molecule has 0 unspecified atom stereocenters. The maximum atomic E-state index is 10.1. The molecule has 0 atom stereocenters. The lowest BCUT2D eigenvalue weighted by atomic mass is 10.1. The van der Waals surface area contributed by atoms with Crippen LogP contribution in [0.1, 0.15) is 16.7 Å². The Bertz CT molecular complexity index is 595. The van der Waals surface area contributed by atoms with E-state index in [-0.39, 0.29) is 0 Å². The van der Waals surface area contributed by atoms with Gasteiger partial charge in [0.25, 0.3) is 0 Å². The Morgan fingerprint density at radius 1 is 1.11 bits per heavy atom. The Hall–Kier alpha value is -1.48. The van der Waals surface area contributed by atoms with Gasteiger partial charge < -0.3 is 10.0 Å². The molecule has 0 aromatic heterocycles. The molecular weight excluding hydrogens is 302 g/mol. The van der Waals surface area contributed by atoms with Crippen molar-refractivity contribution in [3.8, 4) is 5.75 Å². The SMILES string of the molecule is Cc1ccccc1N(C)Cc1cc(Br)cc(C)c1O. The average molecular weight is 320 g/mol. The molecule has 19 heavy (non-hydrogen) atoms. The lowest BCUT2D eigenvalue weighted by Gasteiger charge is -2.22. The van der Waals surface area contributed by atoms with Crippen LogP contribution in [0, 0.1) is 13.8 Å². The highest BCUT2D eigenvalue weighted by Gasteiger charge is 2.10.